The average Bonchev–Trinajstić information content (AvgIpc) is 2.99. The van der Waals surface area contributed by atoms with Crippen LogP contribution in [0.5, 0.6) is 0 Å². The Morgan fingerprint density at radius 2 is 1.87 bits per heavy atom. The molecule has 5 nitrogen and oxygen atoms in total. The lowest BCUT2D eigenvalue weighted by molar-refractivity contribution is 0.102. The second-order valence-corrected chi connectivity index (χ2v) is 5.55. The summed E-state index contributed by atoms with van der Waals surface area (Å²) >= 11 is 5.99. The summed E-state index contributed by atoms with van der Waals surface area (Å²) in [7, 11) is 0. The Morgan fingerprint density at radius 3 is 2.61 bits per heavy atom. The first-order valence-electron chi connectivity index (χ1n) is 7.01. The quantitative estimate of drug-likeness (QED) is 0.780. The Balaban J connectivity index is 1.81. The Bertz CT molecular complexity index is 874. The zero-order chi connectivity index (χ0) is 16.4. The molecule has 1 amide bonds. The van der Waals surface area contributed by atoms with Gasteiger partial charge in [-0.3, -0.25) is 10.1 Å². The number of rotatable bonds is 3. The third-order valence-electron chi connectivity index (χ3n) is 3.52. The molecule has 1 N–H and O–H groups in total. The van der Waals surface area contributed by atoms with Gasteiger partial charge in [0.25, 0.3) is 5.91 Å². The first kappa shape index (κ1) is 15.2. The summed E-state index contributed by atoms with van der Waals surface area (Å²) in [4.78, 5) is 12.2. The molecule has 0 bridgehead atoms. The molecule has 23 heavy (non-hydrogen) atoms. The van der Waals surface area contributed by atoms with Gasteiger partial charge in [-0.15, -0.1) is 5.10 Å². The topological polar surface area (TPSA) is 68.0 Å². The largest absolute Gasteiger partial charge is 0.403 e. The molecule has 0 spiro atoms. The minimum absolute atomic E-state index is 0.0307. The lowest BCUT2D eigenvalue weighted by Crippen LogP contribution is -2.12. The second-order valence-electron chi connectivity index (χ2n) is 5.15. The van der Waals surface area contributed by atoms with E-state index in [4.69, 9.17) is 16.0 Å². The molecule has 0 saturated carbocycles. The van der Waals surface area contributed by atoms with Crippen LogP contribution in [0.25, 0.3) is 11.5 Å². The number of halogens is 1. The smallest absolute Gasteiger partial charge is 0.322 e. The summed E-state index contributed by atoms with van der Waals surface area (Å²) < 4.78 is 5.50. The lowest BCUT2D eigenvalue weighted by atomic mass is 10.1. The highest BCUT2D eigenvalue weighted by atomic mass is 35.5. The fraction of sp³-hybridized carbons (Fsp3) is 0.118. The third-order valence-corrected chi connectivity index (χ3v) is 3.85. The van der Waals surface area contributed by atoms with E-state index >= 15 is 0 Å². The number of nitrogens with one attached hydrogen (secondary N) is 1. The SMILES string of the molecule is Cc1ccc(-c2nnc(NC(=O)c3ccccc3Cl)o2)cc1C. The first-order chi connectivity index (χ1) is 11.0. The van der Waals surface area contributed by atoms with E-state index in [-0.39, 0.29) is 6.01 Å². The van der Waals surface area contributed by atoms with Crippen LogP contribution in [-0.2, 0) is 0 Å². The molecule has 6 heteroatoms. The van der Waals surface area contributed by atoms with Crippen molar-refractivity contribution in [2.24, 2.45) is 0 Å². The Kier molecular flexibility index (Phi) is 4.12. The summed E-state index contributed by atoms with van der Waals surface area (Å²) in [6, 6.07) is 12.6. The molecule has 1 heterocycles. The summed E-state index contributed by atoms with van der Waals surface area (Å²) in [6.07, 6.45) is 0. The van der Waals surface area contributed by atoms with Crippen molar-refractivity contribution in [3.05, 3.63) is 64.2 Å². The van der Waals surface area contributed by atoms with Crippen molar-refractivity contribution in [2.45, 2.75) is 13.8 Å². The van der Waals surface area contributed by atoms with Crippen LogP contribution in [0.1, 0.15) is 21.5 Å². The van der Waals surface area contributed by atoms with E-state index in [0.29, 0.717) is 16.5 Å². The van der Waals surface area contributed by atoms with Gasteiger partial charge in [0.15, 0.2) is 0 Å². The van der Waals surface area contributed by atoms with E-state index < -0.39 is 5.91 Å². The highest BCUT2D eigenvalue weighted by molar-refractivity contribution is 6.34. The van der Waals surface area contributed by atoms with Crippen LogP contribution in [0, 0.1) is 13.8 Å². The van der Waals surface area contributed by atoms with Crippen molar-refractivity contribution in [3.63, 3.8) is 0 Å². The van der Waals surface area contributed by atoms with E-state index in [2.05, 4.69) is 15.5 Å². The van der Waals surface area contributed by atoms with Crippen molar-refractivity contribution in [1.29, 1.82) is 0 Å². The maximum atomic E-state index is 12.2. The van der Waals surface area contributed by atoms with Crippen molar-refractivity contribution >= 4 is 23.5 Å². The third kappa shape index (κ3) is 3.24. The van der Waals surface area contributed by atoms with Gasteiger partial charge in [-0.2, -0.15) is 0 Å². The lowest BCUT2D eigenvalue weighted by Gasteiger charge is -2.02. The molecule has 2 aromatic carbocycles. The van der Waals surface area contributed by atoms with Crippen molar-refractivity contribution in [3.8, 4) is 11.5 Å². The summed E-state index contributed by atoms with van der Waals surface area (Å²) in [5.74, 6) is -0.0477. The molecule has 1 aromatic heterocycles. The molecule has 0 aliphatic rings. The maximum Gasteiger partial charge on any atom is 0.322 e. The van der Waals surface area contributed by atoms with Crippen LogP contribution in [0.15, 0.2) is 46.9 Å². The minimum Gasteiger partial charge on any atom is -0.403 e. The first-order valence-corrected chi connectivity index (χ1v) is 7.39. The highest BCUT2D eigenvalue weighted by Crippen LogP contribution is 2.23. The number of aromatic nitrogens is 2. The summed E-state index contributed by atoms with van der Waals surface area (Å²) in [6.45, 7) is 4.04. The number of anilines is 1. The summed E-state index contributed by atoms with van der Waals surface area (Å²) in [5.41, 5.74) is 3.46. The average molecular weight is 328 g/mol. The van der Waals surface area contributed by atoms with Crippen molar-refractivity contribution in [2.75, 3.05) is 5.32 Å². The fourth-order valence-corrected chi connectivity index (χ4v) is 2.30. The molecule has 0 unspecified atom stereocenters. The molecule has 0 saturated heterocycles. The molecular weight excluding hydrogens is 314 g/mol. The van der Waals surface area contributed by atoms with Crippen LogP contribution in [0.3, 0.4) is 0 Å². The van der Waals surface area contributed by atoms with Crippen LogP contribution < -0.4 is 5.32 Å². The number of hydrogen-bond donors (Lipinski definition) is 1. The zero-order valence-electron chi connectivity index (χ0n) is 12.6. The number of hydrogen-bond acceptors (Lipinski definition) is 4. The van der Waals surface area contributed by atoms with E-state index in [1.54, 1.807) is 24.3 Å². The minimum atomic E-state index is -0.397. The van der Waals surface area contributed by atoms with E-state index in [9.17, 15) is 4.79 Å². The van der Waals surface area contributed by atoms with Gasteiger partial charge in [0.1, 0.15) is 0 Å². The van der Waals surface area contributed by atoms with Crippen molar-refractivity contribution < 1.29 is 9.21 Å². The Morgan fingerprint density at radius 1 is 1.09 bits per heavy atom. The number of carbonyl (C=O) groups excluding carboxylic acids is 1. The molecular formula is C17H14ClN3O2. The number of nitrogens with zero attached hydrogens (tertiary/aromatic N) is 2. The van der Waals surface area contributed by atoms with Gasteiger partial charge in [-0.25, -0.2) is 0 Å². The Labute approximate surface area is 138 Å². The summed E-state index contributed by atoms with van der Waals surface area (Å²) in [5, 5.41) is 10.7. The van der Waals surface area contributed by atoms with Crippen LogP contribution in [0.4, 0.5) is 6.01 Å². The fourth-order valence-electron chi connectivity index (χ4n) is 2.07. The molecule has 0 aliphatic carbocycles. The zero-order valence-corrected chi connectivity index (χ0v) is 13.4. The molecule has 0 atom stereocenters. The molecule has 0 radical (unpaired) electrons. The van der Waals surface area contributed by atoms with E-state index in [1.807, 2.05) is 32.0 Å². The Hall–Kier alpha value is -2.66. The molecule has 3 aromatic rings. The number of aryl methyl sites for hydroxylation is 2. The molecule has 3 rings (SSSR count). The molecule has 0 fully saturated rings. The van der Waals surface area contributed by atoms with Crippen LogP contribution in [-0.4, -0.2) is 16.1 Å². The molecule has 116 valence electrons. The molecule has 0 aliphatic heterocycles. The number of amides is 1. The normalized spacial score (nSPS) is 10.6. The van der Waals surface area contributed by atoms with Gasteiger partial charge in [-0.1, -0.05) is 34.9 Å². The maximum absolute atomic E-state index is 12.2. The predicted molar refractivity (Wildman–Crippen MR) is 88.6 cm³/mol. The van der Waals surface area contributed by atoms with Gasteiger partial charge in [0.2, 0.25) is 5.89 Å². The van der Waals surface area contributed by atoms with Crippen LogP contribution in [0.2, 0.25) is 5.02 Å². The second kappa shape index (κ2) is 6.22. The highest BCUT2D eigenvalue weighted by Gasteiger charge is 2.15. The van der Waals surface area contributed by atoms with Gasteiger partial charge < -0.3 is 4.42 Å². The predicted octanol–water partition coefficient (Wildman–Crippen LogP) is 4.26. The number of carbonyl (C=O) groups is 1. The van der Waals surface area contributed by atoms with E-state index in [0.717, 1.165) is 11.1 Å². The van der Waals surface area contributed by atoms with Gasteiger partial charge >= 0.3 is 6.01 Å². The number of benzene rings is 2. The standard InChI is InChI=1S/C17H14ClN3O2/c1-10-7-8-12(9-11(10)2)16-20-21-17(23-16)19-15(22)13-5-3-4-6-14(13)18/h3-9H,1-2H3,(H,19,21,22). The van der Waals surface area contributed by atoms with E-state index in [1.165, 1.54) is 5.56 Å². The van der Waals surface area contributed by atoms with Gasteiger partial charge in [0.05, 0.1) is 10.6 Å². The van der Waals surface area contributed by atoms with Gasteiger partial charge in [0, 0.05) is 5.56 Å². The monoisotopic (exact) mass is 327 g/mol. The van der Waals surface area contributed by atoms with Gasteiger partial charge in [-0.05, 0) is 49.2 Å². The van der Waals surface area contributed by atoms with Crippen molar-refractivity contribution in [1.82, 2.24) is 10.2 Å². The van der Waals surface area contributed by atoms with Crippen LogP contribution >= 0.6 is 11.6 Å².